The molecule has 2 rings (SSSR count). The zero-order valence-corrected chi connectivity index (χ0v) is 13.0. The minimum Gasteiger partial charge on any atom is -0.385 e. The van der Waals surface area contributed by atoms with E-state index in [1.54, 1.807) is 0 Å². The molecule has 1 fully saturated rings. The van der Waals surface area contributed by atoms with Gasteiger partial charge in [-0.1, -0.05) is 19.9 Å². The van der Waals surface area contributed by atoms with E-state index in [0.29, 0.717) is 25.0 Å². The minimum atomic E-state index is -0.941. The molecule has 0 spiro atoms. The molecule has 4 heteroatoms. The van der Waals surface area contributed by atoms with Gasteiger partial charge in [0.2, 0.25) is 0 Å². The monoisotopic (exact) mass is 298 g/mol. The predicted octanol–water partition coefficient (Wildman–Crippen LogP) is 4.37. The molecule has 21 heavy (non-hydrogen) atoms. The number of aliphatic hydroxyl groups excluding tert-OH is 1. The first-order chi connectivity index (χ1) is 9.80. The molecule has 118 valence electrons. The predicted molar refractivity (Wildman–Crippen MR) is 77.9 cm³/mol. The second-order valence-corrected chi connectivity index (χ2v) is 6.74. The van der Waals surface area contributed by atoms with Crippen LogP contribution in [0.5, 0.6) is 0 Å². The smallest absolute Gasteiger partial charge is 0.159 e. The van der Waals surface area contributed by atoms with Gasteiger partial charge in [0, 0.05) is 6.61 Å². The maximum atomic E-state index is 13.4. The van der Waals surface area contributed by atoms with E-state index in [9.17, 15) is 13.9 Å². The van der Waals surface area contributed by atoms with E-state index >= 15 is 0 Å². The summed E-state index contributed by atoms with van der Waals surface area (Å²) in [6.45, 7) is 6.78. The van der Waals surface area contributed by atoms with Crippen LogP contribution in [0, 0.1) is 17.0 Å². The third-order valence-corrected chi connectivity index (χ3v) is 4.64. The van der Waals surface area contributed by atoms with E-state index in [2.05, 4.69) is 13.8 Å². The van der Waals surface area contributed by atoms with E-state index in [-0.39, 0.29) is 5.41 Å². The number of ether oxygens (including phenoxy) is 1. The molecule has 1 aliphatic rings. The van der Waals surface area contributed by atoms with E-state index in [0.717, 1.165) is 25.0 Å². The van der Waals surface area contributed by atoms with Crippen molar-refractivity contribution in [3.05, 3.63) is 35.4 Å². The van der Waals surface area contributed by atoms with E-state index in [4.69, 9.17) is 4.74 Å². The van der Waals surface area contributed by atoms with Crippen molar-refractivity contribution in [1.82, 2.24) is 0 Å². The summed E-state index contributed by atoms with van der Waals surface area (Å²) in [5, 5.41) is 10.7. The SMILES string of the molecule is CCOC1(C(O)c2ccc(F)c(F)c2)CCC(C)(C)CC1. The van der Waals surface area contributed by atoms with Crippen LogP contribution in [0.3, 0.4) is 0 Å². The molecule has 1 atom stereocenters. The number of rotatable bonds is 4. The maximum absolute atomic E-state index is 13.4. The lowest BCUT2D eigenvalue weighted by Gasteiger charge is -2.46. The van der Waals surface area contributed by atoms with Gasteiger partial charge in [0.25, 0.3) is 0 Å². The summed E-state index contributed by atoms with van der Waals surface area (Å²) in [5.74, 6) is -1.84. The Labute approximate surface area is 125 Å². The average Bonchev–Trinajstić information content (AvgIpc) is 2.44. The van der Waals surface area contributed by atoms with Gasteiger partial charge in [-0.3, -0.25) is 0 Å². The van der Waals surface area contributed by atoms with Crippen LogP contribution in [0.1, 0.15) is 58.1 Å². The van der Waals surface area contributed by atoms with Crippen LogP contribution in [0.15, 0.2) is 18.2 Å². The standard InChI is InChI=1S/C17H24F2O2/c1-4-21-17(9-7-16(2,3)8-10-17)15(20)12-5-6-13(18)14(19)11-12/h5-6,11,15,20H,4,7-10H2,1-3H3. The van der Waals surface area contributed by atoms with Crippen LogP contribution in [0.25, 0.3) is 0 Å². The second-order valence-electron chi connectivity index (χ2n) is 6.74. The van der Waals surface area contributed by atoms with Gasteiger partial charge in [0.15, 0.2) is 11.6 Å². The highest BCUT2D eigenvalue weighted by atomic mass is 19.2. The molecule has 1 unspecified atom stereocenters. The van der Waals surface area contributed by atoms with Crippen molar-refractivity contribution in [3.63, 3.8) is 0 Å². The third-order valence-electron chi connectivity index (χ3n) is 4.64. The molecule has 1 aliphatic carbocycles. The fourth-order valence-corrected chi connectivity index (χ4v) is 3.12. The summed E-state index contributed by atoms with van der Waals surface area (Å²) < 4.78 is 32.4. The fraction of sp³-hybridized carbons (Fsp3) is 0.647. The molecule has 0 aromatic heterocycles. The van der Waals surface area contributed by atoms with Gasteiger partial charge >= 0.3 is 0 Å². The Morgan fingerprint density at radius 3 is 2.29 bits per heavy atom. The van der Waals surface area contributed by atoms with Gasteiger partial charge in [-0.25, -0.2) is 8.78 Å². The number of hydrogen-bond acceptors (Lipinski definition) is 2. The number of halogens is 2. The largest absolute Gasteiger partial charge is 0.385 e. The summed E-state index contributed by atoms with van der Waals surface area (Å²) >= 11 is 0. The van der Waals surface area contributed by atoms with Gasteiger partial charge in [0.1, 0.15) is 6.10 Å². The Hall–Kier alpha value is -1.00. The van der Waals surface area contributed by atoms with E-state index in [1.807, 2.05) is 6.92 Å². The van der Waals surface area contributed by atoms with Crippen molar-refractivity contribution < 1.29 is 18.6 Å². The summed E-state index contributed by atoms with van der Waals surface area (Å²) in [6.07, 6.45) is 2.37. The highest BCUT2D eigenvalue weighted by molar-refractivity contribution is 5.23. The third kappa shape index (κ3) is 3.43. The molecule has 0 heterocycles. The summed E-state index contributed by atoms with van der Waals surface area (Å²) in [6, 6.07) is 3.56. The Morgan fingerprint density at radius 1 is 1.14 bits per heavy atom. The first-order valence-corrected chi connectivity index (χ1v) is 7.57. The van der Waals surface area contributed by atoms with Crippen LogP contribution in [0.4, 0.5) is 8.78 Å². The van der Waals surface area contributed by atoms with Crippen molar-refractivity contribution in [3.8, 4) is 0 Å². The zero-order chi connectivity index (χ0) is 15.7. The molecular weight excluding hydrogens is 274 g/mol. The van der Waals surface area contributed by atoms with Crippen LogP contribution in [-0.4, -0.2) is 17.3 Å². The van der Waals surface area contributed by atoms with Crippen molar-refractivity contribution in [2.45, 2.75) is 58.2 Å². The number of benzene rings is 1. The molecule has 1 aromatic carbocycles. The molecule has 1 aromatic rings. The van der Waals surface area contributed by atoms with Crippen LogP contribution in [0.2, 0.25) is 0 Å². The Bertz CT molecular complexity index is 490. The summed E-state index contributed by atoms with van der Waals surface area (Å²) in [7, 11) is 0. The van der Waals surface area contributed by atoms with Crippen molar-refractivity contribution in [2.24, 2.45) is 5.41 Å². The molecule has 2 nitrogen and oxygen atoms in total. The maximum Gasteiger partial charge on any atom is 0.159 e. The van der Waals surface area contributed by atoms with E-state index in [1.165, 1.54) is 6.07 Å². The Balaban J connectivity index is 2.27. The topological polar surface area (TPSA) is 29.5 Å². The molecule has 1 saturated carbocycles. The lowest BCUT2D eigenvalue weighted by atomic mass is 9.68. The highest BCUT2D eigenvalue weighted by Gasteiger charge is 2.44. The lowest BCUT2D eigenvalue weighted by Crippen LogP contribution is -2.44. The highest BCUT2D eigenvalue weighted by Crippen LogP contribution is 2.47. The molecule has 0 aliphatic heterocycles. The summed E-state index contributed by atoms with van der Waals surface area (Å²) in [5.41, 5.74) is -0.0924. The van der Waals surface area contributed by atoms with Crippen molar-refractivity contribution in [2.75, 3.05) is 6.61 Å². The zero-order valence-electron chi connectivity index (χ0n) is 13.0. The van der Waals surface area contributed by atoms with Crippen LogP contribution < -0.4 is 0 Å². The first kappa shape index (κ1) is 16.4. The first-order valence-electron chi connectivity index (χ1n) is 7.57. The Morgan fingerprint density at radius 2 is 1.76 bits per heavy atom. The fourth-order valence-electron chi connectivity index (χ4n) is 3.12. The second kappa shape index (κ2) is 6.01. The van der Waals surface area contributed by atoms with Gasteiger partial charge < -0.3 is 9.84 Å². The van der Waals surface area contributed by atoms with E-state index < -0.39 is 23.3 Å². The summed E-state index contributed by atoms with van der Waals surface area (Å²) in [4.78, 5) is 0. The molecule has 0 bridgehead atoms. The minimum absolute atomic E-state index is 0.231. The van der Waals surface area contributed by atoms with Gasteiger partial charge in [-0.05, 0) is 55.7 Å². The molecule has 1 N–H and O–H groups in total. The quantitative estimate of drug-likeness (QED) is 0.894. The van der Waals surface area contributed by atoms with Crippen LogP contribution in [-0.2, 0) is 4.74 Å². The van der Waals surface area contributed by atoms with Gasteiger partial charge in [0.05, 0.1) is 5.60 Å². The molecule has 0 amide bonds. The van der Waals surface area contributed by atoms with Crippen molar-refractivity contribution in [1.29, 1.82) is 0 Å². The number of hydrogen-bond donors (Lipinski definition) is 1. The Kier molecular flexibility index (Phi) is 4.69. The lowest BCUT2D eigenvalue weighted by molar-refractivity contribution is -0.153. The van der Waals surface area contributed by atoms with Gasteiger partial charge in [-0.15, -0.1) is 0 Å². The van der Waals surface area contributed by atoms with Crippen LogP contribution >= 0.6 is 0 Å². The average molecular weight is 298 g/mol. The van der Waals surface area contributed by atoms with Crippen molar-refractivity contribution >= 4 is 0 Å². The molecular formula is C17H24F2O2. The number of aliphatic hydroxyl groups is 1. The molecule has 0 radical (unpaired) electrons. The molecule has 0 saturated heterocycles. The van der Waals surface area contributed by atoms with Gasteiger partial charge in [-0.2, -0.15) is 0 Å². The normalized spacial score (nSPS) is 22.0.